The molecule has 7 heteroatoms. The van der Waals surface area contributed by atoms with E-state index in [-0.39, 0.29) is 24.1 Å². The Balaban J connectivity index is 1.56. The molecule has 0 spiro atoms. The van der Waals surface area contributed by atoms with Crippen LogP contribution in [-0.2, 0) is 28.8 Å². The van der Waals surface area contributed by atoms with Crippen molar-refractivity contribution in [3.8, 4) is 0 Å². The molecule has 0 unspecified atom stereocenters. The number of carboxylic acids is 1. The standard InChI is InChI=1S/C28H33N3O4/c1-18-8-14-22-23(30(18)28(34)35-2)15-16-24-26(22)29-25(17-9-19-6-4-3-5-7-19)31(24)21-12-10-20(11-13-21)27(32)33/h3-7,15-16,18,20-21H,8-14,17H2,1-2H3,(H,32,33)/t18-,20-,21-/m0/s1. The topological polar surface area (TPSA) is 84.7 Å². The van der Waals surface area contributed by atoms with E-state index in [1.54, 1.807) is 4.90 Å². The van der Waals surface area contributed by atoms with E-state index < -0.39 is 5.97 Å². The summed E-state index contributed by atoms with van der Waals surface area (Å²) in [5.74, 6) is 0.102. The molecule has 1 aromatic heterocycles. The first-order valence-electron chi connectivity index (χ1n) is 12.6. The van der Waals surface area contributed by atoms with Gasteiger partial charge in [-0.3, -0.25) is 9.69 Å². The molecule has 35 heavy (non-hydrogen) atoms. The fourth-order valence-electron chi connectivity index (χ4n) is 5.89. The molecule has 184 valence electrons. The van der Waals surface area contributed by atoms with E-state index in [1.165, 1.54) is 12.7 Å². The molecule has 1 N–H and O–H groups in total. The highest BCUT2D eigenvalue weighted by atomic mass is 16.5. The molecule has 7 nitrogen and oxygen atoms in total. The van der Waals surface area contributed by atoms with Crippen LogP contribution in [0.5, 0.6) is 0 Å². The number of aryl methyl sites for hydroxylation is 3. The van der Waals surface area contributed by atoms with Crippen LogP contribution in [0.4, 0.5) is 10.5 Å². The van der Waals surface area contributed by atoms with Crippen LogP contribution < -0.4 is 4.90 Å². The van der Waals surface area contributed by atoms with Gasteiger partial charge in [-0.05, 0) is 69.6 Å². The third-order valence-electron chi connectivity index (χ3n) is 7.79. The maximum atomic E-state index is 12.6. The lowest BCUT2D eigenvalue weighted by molar-refractivity contribution is -0.143. The van der Waals surface area contributed by atoms with Gasteiger partial charge < -0.3 is 14.4 Å². The third-order valence-corrected chi connectivity index (χ3v) is 7.79. The molecule has 0 radical (unpaired) electrons. The van der Waals surface area contributed by atoms with Crippen molar-refractivity contribution >= 4 is 28.8 Å². The molecule has 2 aliphatic rings. The highest BCUT2D eigenvalue weighted by molar-refractivity contribution is 5.95. The molecule has 1 amide bonds. The van der Waals surface area contributed by atoms with Gasteiger partial charge in [0.1, 0.15) is 5.82 Å². The van der Waals surface area contributed by atoms with Crippen molar-refractivity contribution in [3.05, 3.63) is 59.4 Å². The van der Waals surface area contributed by atoms with Crippen LogP contribution >= 0.6 is 0 Å². The van der Waals surface area contributed by atoms with Gasteiger partial charge in [-0.15, -0.1) is 0 Å². The average molecular weight is 476 g/mol. The van der Waals surface area contributed by atoms with Crippen molar-refractivity contribution in [1.29, 1.82) is 0 Å². The Kier molecular flexibility index (Phi) is 6.50. The SMILES string of the molecule is COC(=O)N1c2ccc3c(nc(CCc4ccccc4)n3[C@H]3CC[C@H](C(=O)O)CC3)c2CC[C@@H]1C. The number of carboxylic acid groups (broad SMARTS) is 1. The zero-order valence-electron chi connectivity index (χ0n) is 20.4. The molecule has 1 saturated carbocycles. The number of fused-ring (bicyclic) bond motifs is 3. The molecule has 2 aromatic carbocycles. The van der Waals surface area contributed by atoms with Gasteiger partial charge in [0.25, 0.3) is 0 Å². The van der Waals surface area contributed by atoms with Gasteiger partial charge in [-0.2, -0.15) is 0 Å². The Labute approximate surface area is 205 Å². The van der Waals surface area contributed by atoms with E-state index in [0.29, 0.717) is 12.8 Å². The molecule has 1 atom stereocenters. The van der Waals surface area contributed by atoms with Crippen molar-refractivity contribution < 1.29 is 19.4 Å². The minimum absolute atomic E-state index is 0.0679. The Hall–Kier alpha value is -3.35. The van der Waals surface area contributed by atoms with Gasteiger partial charge in [0.2, 0.25) is 0 Å². The summed E-state index contributed by atoms with van der Waals surface area (Å²) in [6.07, 6.45) is 6.14. The van der Waals surface area contributed by atoms with Gasteiger partial charge in [-0.1, -0.05) is 30.3 Å². The van der Waals surface area contributed by atoms with Crippen molar-refractivity contribution in [1.82, 2.24) is 9.55 Å². The predicted octanol–water partition coefficient (Wildman–Crippen LogP) is 5.54. The average Bonchev–Trinajstić information content (AvgIpc) is 3.26. The van der Waals surface area contributed by atoms with E-state index in [4.69, 9.17) is 9.72 Å². The van der Waals surface area contributed by atoms with Crippen LogP contribution in [0.2, 0.25) is 0 Å². The maximum Gasteiger partial charge on any atom is 0.414 e. The number of aromatic nitrogens is 2. The zero-order chi connectivity index (χ0) is 24.5. The highest BCUT2D eigenvalue weighted by Gasteiger charge is 2.33. The van der Waals surface area contributed by atoms with Crippen LogP contribution in [0.3, 0.4) is 0 Å². The first kappa shape index (κ1) is 23.4. The number of carbonyl (C=O) groups is 2. The summed E-state index contributed by atoms with van der Waals surface area (Å²) in [6, 6.07) is 14.9. The second kappa shape index (κ2) is 9.72. The Bertz CT molecular complexity index is 1230. The van der Waals surface area contributed by atoms with E-state index in [1.807, 2.05) is 12.1 Å². The number of rotatable bonds is 5. The number of ether oxygens (including phenoxy) is 1. The molecule has 0 bridgehead atoms. The summed E-state index contributed by atoms with van der Waals surface area (Å²) < 4.78 is 7.46. The minimum Gasteiger partial charge on any atom is -0.481 e. The van der Waals surface area contributed by atoms with E-state index in [0.717, 1.165) is 66.6 Å². The summed E-state index contributed by atoms with van der Waals surface area (Å²) in [5.41, 5.74) is 5.31. The first-order valence-corrected chi connectivity index (χ1v) is 12.6. The summed E-state index contributed by atoms with van der Waals surface area (Å²) in [6.45, 7) is 2.05. The van der Waals surface area contributed by atoms with Gasteiger partial charge >= 0.3 is 12.1 Å². The van der Waals surface area contributed by atoms with Crippen molar-refractivity contribution in [2.24, 2.45) is 5.92 Å². The Morgan fingerprint density at radius 2 is 1.77 bits per heavy atom. The number of hydrogen-bond acceptors (Lipinski definition) is 4. The normalized spacial score (nSPS) is 22.1. The Morgan fingerprint density at radius 3 is 2.46 bits per heavy atom. The Morgan fingerprint density at radius 1 is 1.03 bits per heavy atom. The summed E-state index contributed by atoms with van der Waals surface area (Å²) in [4.78, 5) is 31.0. The monoisotopic (exact) mass is 475 g/mol. The lowest BCUT2D eigenvalue weighted by atomic mass is 9.85. The minimum atomic E-state index is -0.686. The number of hydrogen-bond donors (Lipinski definition) is 1. The second-order valence-electron chi connectivity index (χ2n) is 9.89. The lowest BCUT2D eigenvalue weighted by Gasteiger charge is -2.34. The second-order valence-corrected chi connectivity index (χ2v) is 9.89. The van der Waals surface area contributed by atoms with Gasteiger partial charge in [0.05, 0.1) is 29.7 Å². The summed E-state index contributed by atoms with van der Waals surface area (Å²) >= 11 is 0. The molecule has 1 fully saturated rings. The molecule has 3 aromatic rings. The van der Waals surface area contributed by atoms with Crippen LogP contribution in [0.25, 0.3) is 11.0 Å². The van der Waals surface area contributed by atoms with E-state index in [2.05, 4.69) is 41.8 Å². The van der Waals surface area contributed by atoms with Gasteiger partial charge in [0, 0.05) is 24.1 Å². The van der Waals surface area contributed by atoms with Crippen molar-refractivity contribution in [2.75, 3.05) is 12.0 Å². The highest BCUT2D eigenvalue weighted by Crippen LogP contribution is 2.40. The van der Waals surface area contributed by atoms with E-state index >= 15 is 0 Å². The van der Waals surface area contributed by atoms with Crippen LogP contribution in [0.15, 0.2) is 42.5 Å². The van der Waals surface area contributed by atoms with E-state index in [9.17, 15) is 14.7 Å². The van der Waals surface area contributed by atoms with Gasteiger partial charge in [-0.25, -0.2) is 9.78 Å². The maximum absolute atomic E-state index is 12.6. The third kappa shape index (κ3) is 4.40. The van der Waals surface area contributed by atoms with Crippen LogP contribution in [-0.4, -0.2) is 39.9 Å². The number of benzene rings is 2. The van der Waals surface area contributed by atoms with Crippen molar-refractivity contribution in [3.63, 3.8) is 0 Å². The lowest BCUT2D eigenvalue weighted by Crippen LogP contribution is -2.42. The molecule has 5 rings (SSSR count). The number of nitrogens with zero attached hydrogens (tertiary/aromatic N) is 3. The molecule has 1 aliphatic heterocycles. The molecule has 2 heterocycles. The number of carbonyl (C=O) groups excluding carboxylic acids is 1. The number of amides is 1. The number of imidazole rings is 1. The van der Waals surface area contributed by atoms with Gasteiger partial charge in [0.15, 0.2) is 0 Å². The molecular formula is C28H33N3O4. The zero-order valence-corrected chi connectivity index (χ0v) is 20.4. The summed E-state index contributed by atoms with van der Waals surface area (Å²) in [5, 5.41) is 9.47. The number of anilines is 1. The largest absolute Gasteiger partial charge is 0.481 e. The number of aliphatic carboxylic acids is 1. The molecule has 0 saturated heterocycles. The first-order chi connectivity index (χ1) is 17.0. The number of methoxy groups -OCH3 is 1. The van der Waals surface area contributed by atoms with Crippen LogP contribution in [0.1, 0.15) is 62.0 Å². The fraction of sp³-hybridized carbons (Fsp3) is 0.464. The fourth-order valence-corrected chi connectivity index (χ4v) is 5.89. The predicted molar refractivity (Wildman–Crippen MR) is 135 cm³/mol. The van der Waals surface area contributed by atoms with Crippen LogP contribution in [0, 0.1) is 5.92 Å². The molecular weight excluding hydrogens is 442 g/mol. The summed E-state index contributed by atoms with van der Waals surface area (Å²) in [7, 11) is 1.42. The van der Waals surface area contributed by atoms with Crippen molar-refractivity contribution in [2.45, 2.75) is 70.4 Å². The smallest absolute Gasteiger partial charge is 0.414 e. The molecule has 1 aliphatic carbocycles. The quantitative estimate of drug-likeness (QED) is 0.523.